The van der Waals surface area contributed by atoms with E-state index in [1.54, 1.807) is 12.1 Å². The zero-order valence-corrected chi connectivity index (χ0v) is 8.72. The number of nitrogens with two attached hydrogens (primary N) is 1. The van der Waals surface area contributed by atoms with Crippen molar-refractivity contribution in [3.63, 3.8) is 0 Å². The van der Waals surface area contributed by atoms with Crippen LogP contribution < -0.4 is 11.1 Å². The smallest absolute Gasteiger partial charge is 0.139 e. The maximum atomic E-state index is 12.8. The third-order valence-corrected chi connectivity index (χ3v) is 2.65. The lowest BCUT2D eigenvalue weighted by Crippen LogP contribution is -1.97. The Kier molecular flexibility index (Phi) is 2.82. The molecule has 0 radical (unpaired) electrons. The van der Waals surface area contributed by atoms with E-state index in [4.69, 9.17) is 5.73 Å². The summed E-state index contributed by atoms with van der Waals surface area (Å²) < 4.78 is 16.8. The average molecular weight is 223 g/mol. The molecule has 0 aliphatic heterocycles. The number of anilines is 2. The second-order valence-corrected chi connectivity index (χ2v) is 3.90. The number of benzene rings is 1. The number of aromatic nitrogens is 1. The van der Waals surface area contributed by atoms with E-state index < -0.39 is 0 Å². The van der Waals surface area contributed by atoms with Crippen molar-refractivity contribution < 1.29 is 4.39 Å². The first-order valence-corrected chi connectivity index (χ1v) is 5.22. The molecule has 1 aromatic carbocycles. The SMILES string of the molecule is Nc1cc(NCc2cccc(F)c2)sn1. The minimum Gasteiger partial charge on any atom is -0.383 e. The van der Waals surface area contributed by atoms with Gasteiger partial charge in [0.05, 0.1) is 0 Å². The molecule has 0 amide bonds. The van der Waals surface area contributed by atoms with Crippen LogP contribution in [0.2, 0.25) is 0 Å². The summed E-state index contributed by atoms with van der Waals surface area (Å²) in [7, 11) is 0. The van der Waals surface area contributed by atoms with Gasteiger partial charge in [0, 0.05) is 12.6 Å². The van der Waals surface area contributed by atoms with Gasteiger partial charge >= 0.3 is 0 Å². The van der Waals surface area contributed by atoms with Gasteiger partial charge in [-0.1, -0.05) is 12.1 Å². The highest BCUT2D eigenvalue weighted by atomic mass is 32.1. The van der Waals surface area contributed by atoms with Crippen molar-refractivity contribution in [1.29, 1.82) is 0 Å². The summed E-state index contributed by atoms with van der Waals surface area (Å²) >= 11 is 1.29. The summed E-state index contributed by atoms with van der Waals surface area (Å²) in [5.41, 5.74) is 6.36. The van der Waals surface area contributed by atoms with E-state index in [-0.39, 0.29) is 5.82 Å². The molecular weight excluding hydrogens is 213 g/mol. The summed E-state index contributed by atoms with van der Waals surface area (Å²) in [5.74, 6) is 0.278. The monoisotopic (exact) mass is 223 g/mol. The van der Waals surface area contributed by atoms with Gasteiger partial charge < -0.3 is 11.1 Å². The van der Waals surface area contributed by atoms with Crippen molar-refractivity contribution in [2.75, 3.05) is 11.1 Å². The lowest BCUT2D eigenvalue weighted by Gasteiger charge is -2.02. The molecule has 5 heteroatoms. The Labute approximate surface area is 90.9 Å². The van der Waals surface area contributed by atoms with Crippen molar-refractivity contribution in [1.82, 2.24) is 4.37 Å². The van der Waals surface area contributed by atoms with Gasteiger partial charge in [-0.05, 0) is 29.2 Å². The standard InChI is InChI=1S/C10H10FN3S/c11-8-3-1-2-7(4-8)6-13-10-5-9(12)14-15-10/h1-5,13H,6H2,(H2,12,14). The number of hydrogen-bond donors (Lipinski definition) is 2. The molecule has 2 rings (SSSR count). The van der Waals surface area contributed by atoms with E-state index in [1.807, 2.05) is 6.07 Å². The van der Waals surface area contributed by atoms with Crippen LogP contribution in [-0.4, -0.2) is 4.37 Å². The van der Waals surface area contributed by atoms with Gasteiger partial charge in [0.1, 0.15) is 16.6 Å². The maximum Gasteiger partial charge on any atom is 0.139 e. The zero-order chi connectivity index (χ0) is 10.7. The first-order chi connectivity index (χ1) is 7.24. The molecule has 2 aromatic rings. The molecule has 1 aromatic heterocycles. The van der Waals surface area contributed by atoms with Crippen LogP contribution in [-0.2, 0) is 6.54 Å². The van der Waals surface area contributed by atoms with Gasteiger partial charge in [-0.15, -0.1) is 0 Å². The lowest BCUT2D eigenvalue weighted by atomic mass is 10.2. The topological polar surface area (TPSA) is 50.9 Å². The summed E-state index contributed by atoms with van der Waals surface area (Å²) in [6.07, 6.45) is 0. The van der Waals surface area contributed by atoms with Crippen LogP contribution in [0.15, 0.2) is 30.3 Å². The van der Waals surface area contributed by atoms with Gasteiger partial charge in [0.2, 0.25) is 0 Å². The maximum absolute atomic E-state index is 12.8. The summed E-state index contributed by atoms with van der Waals surface area (Å²) in [4.78, 5) is 0. The van der Waals surface area contributed by atoms with E-state index in [1.165, 1.54) is 23.7 Å². The minimum absolute atomic E-state index is 0.224. The Balaban J connectivity index is 1.99. The van der Waals surface area contributed by atoms with Gasteiger partial charge in [-0.3, -0.25) is 0 Å². The molecule has 0 saturated heterocycles. The quantitative estimate of drug-likeness (QED) is 0.840. The highest BCUT2D eigenvalue weighted by Crippen LogP contribution is 2.18. The molecule has 3 nitrogen and oxygen atoms in total. The molecule has 0 spiro atoms. The highest BCUT2D eigenvalue weighted by molar-refractivity contribution is 7.10. The average Bonchev–Trinajstić information content (AvgIpc) is 2.62. The van der Waals surface area contributed by atoms with Crippen LogP contribution in [0.4, 0.5) is 15.2 Å². The number of nitrogens with zero attached hydrogens (tertiary/aromatic N) is 1. The van der Waals surface area contributed by atoms with Crippen LogP contribution in [0.5, 0.6) is 0 Å². The Morgan fingerprint density at radius 3 is 2.93 bits per heavy atom. The molecular formula is C10H10FN3S. The van der Waals surface area contributed by atoms with E-state index in [0.717, 1.165) is 10.6 Å². The normalized spacial score (nSPS) is 10.2. The number of nitrogen functional groups attached to an aromatic ring is 1. The second-order valence-electron chi connectivity index (χ2n) is 3.10. The van der Waals surface area contributed by atoms with Gasteiger partial charge in [-0.2, -0.15) is 4.37 Å². The Hall–Kier alpha value is -1.62. The summed E-state index contributed by atoms with van der Waals surface area (Å²) in [5, 5.41) is 4.00. The summed E-state index contributed by atoms with van der Waals surface area (Å²) in [6.45, 7) is 0.569. The van der Waals surface area contributed by atoms with Gasteiger partial charge in [0.25, 0.3) is 0 Å². The predicted molar refractivity (Wildman–Crippen MR) is 60.3 cm³/mol. The molecule has 0 aliphatic carbocycles. The highest BCUT2D eigenvalue weighted by Gasteiger charge is 1.99. The van der Waals surface area contributed by atoms with Crippen molar-refractivity contribution in [3.05, 3.63) is 41.7 Å². The Morgan fingerprint density at radius 1 is 1.40 bits per heavy atom. The first-order valence-electron chi connectivity index (χ1n) is 4.44. The van der Waals surface area contributed by atoms with Crippen molar-refractivity contribution >= 4 is 22.4 Å². The fraction of sp³-hybridized carbons (Fsp3) is 0.100. The van der Waals surface area contributed by atoms with Crippen LogP contribution >= 0.6 is 11.5 Å². The van der Waals surface area contributed by atoms with E-state index >= 15 is 0 Å². The third-order valence-electron chi connectivity index (χ3n) is 1.88. The van der Waals surface area contributed by atoms with Crippen LogP contribution in [0.1, 0.15) is 5.56 Å². The fourth-order valence-corrected chi connectivity index (χ4v) is 1.77. The summed E-state index contributed by atoms with van der Waals surface area (Å²) in [6, 6.07) is 8.23. The number of halogens is 1. The Morgan fingerprint density at radius 2 is 2.27 bits per heavy atom. The molecule has 1 heterocycles. The second kappa shape index (κ2) is 4.27. The predicted octanol–water partition coefficient (Wildman–Crippen LogP) is 2.48. The minimum atomic E-state index is -0.224. The molecule has 0 unspecified atom stereocenters. The Bertz CT molecular complexity index is 455. The molecule has 78 valence electrons. The van der Waals surface area contributed by atoms with E-state index in [0.29, 0.717) is 12.4 Å². The molecule has 0 aliphatic rings. The van der Waals surface area contributed by atoms with E-state index in [9.17, 15) is 4.39 Å². The van der Waals surface area contributed by atoms with Crippen molar-refractivity contribution in [2.45, 2.75) is 6.54 Å². The van der Waals surface area contributed by atoms with Crippen molar-refractivity contribution in [3.8, 4) is 0 Å². The molecule has 3 N–H and O–H groups in total. The number of rotatable bonds is 3. The van der Waals surface area contributed by atoms with Crippen molar-refractivity contribution in [2.24, 2.45) is 0 Å². The number of nitrogens with one attached hydrogen (secondary N) is 1. The zero-order valence-electron chi connectivity index (χ0n) is 7.90. The van der Waals surface area contributed by atoms with Crippen LogP contribution in [0.3, 0.4) is 0 Å². The van der Waals surface area contributed by atoms with Gasteiger partial charge in [-0.25, -0.2) is 4.39 Å². The molecule has 0 fully saturated rings. The van der Waals surface area contributed by atoms with Crippen LogP contribution in [0.25, 0.3) is 0 Å². The van der Waals surface area contributed by atoms with Crippen LogP contribution in [0, 0.1) is 5.82 Å². The van der Waals surface area contributed by atoms with E-state index in [2.05, 4.69) is 9.69 Å². The number of hydrogen-bond acceptors (Lipinski definition) is 4. The van der Waals surface area contributed by atoms with Gasteiger partial charge in [0.15, 0.2) is 0 Å². The largest absolute Gasteiger partial charge is 0.383 e. The first kappa shape index (κ1) is 9.92. The third kappa shape index (κ3) is 2.66. The molecule has 0 atom stereocenters. The molecule has 15 heavy (non-hydrogen) atoms. The molecule has 0 bridgehead atoms. The fourth-order valence-electron chi connectivity index (χ4n) is 1.21. The molecule has 0 saturated carbocycles. The lowest BCUT2D eigenvalue weighted by molar-refractivity contribution is 0.626.